The number of hydrogen-bond donors (Lipinski definition) is 4. The van der Waals surface area contributed by atoms with Crippen molar-refractivity contribution in [3.63, 3.8) is 0 Å². The molecule has 1 aliphatic carbocycles. The number of fused-ring (bicyclic) bond motifs is 1. The summed E-state index contributed by atoms with van der Waals surface area (Å²) in [5, 5.41) is 24.5. The fourth-order valence-electron chi connectivity index (χ4n) is 4.84. The predicted molar refractivity (Wildman–Crippen MR) is 148 cm³/mol. The zero-order chi connectivity index (χ0) is 31.0. The molecule has 1 heterocycles. The van der Waals surface area contributed by atoms with E-state index in [2.05, 4.69) is 5.32 Å². The maximum absolute atomic E-state index is 12.9. The number of Topliss-reactive ketones (excluding diaryl/α,β-unsaturated/α-hetero) is 2. The normalized spacial score (nSPS) is 32.4. The van der Waals surface area contributed by atoms with Crippen molar-refractivity contribution in [2.45, 2.75) is 65.0 Å². The number of nitrogens with two attached hydrogens (primary N) is 1. The second-order valence-corrected chi connectivity index (χ2v) is 10.2. The van der Waals surface area contributed by atoms with Crippen molar-refractivity contribution in [2.24, 2.45) is 17.6 Å². The Morgan fingerprint density at radius 3 is 2.29 bits per heavy atom. The van der Waals surface area contributed by atoms with E-state index < -0.39 is 65.4 Å². The zero-order valence-corrected chi connectivity index (χ0v) is 24.4. The van der Waals surface area contributed by atoms with Gasteiger partial charge in [-0.15, -0.1) is 0 Å². The molecule has 0 aromatic rings. The molecule has 0 aromatic heterocycles. The van der Waals surface area contributed by atoms with E-state index >= 15 is 0 Å². The van der Waals surface area contributed by atoms with Crippen LogP contribution in [-0.2, 0) is 33.3 Å². The lowest BCUT2D eigenvalue weighted by atomic mass is 9.85. The van der Waals surface area contributed by atoms with Crippen LogP contribution in [0.5, 0.6) is 0 Å². The van der Waals surface area contributed by atoms with Gasteiger partial charge in [-0.3, -0.25) is 14.4 Å². The zero-order valence-electron chi connectivity index (χ0n) is 24.4. The molecule has 2 amide bonds. The molecular formula is C29H40N2O10. The highest BCUT2D eigenvalue weighted by molar-refractivity contribution is 6.50. The molecule has 6 atom stereocenters. The number of primary amides is 1. The third-order valence-corrected chi connectivity index (χ3v) is 7.08. The molecule has 0 aromatic carbocycles. The number of methoxy groups -OCH3 is 3. The quantitative estimate of drug-likeness (QED) is 0.220. The molecule has 0 fully saturated rings. The summed E-state index contributed by atoms with van der Waals surface area (Å²) in [6.45, 7) is 6.76. The van der Waals surface area contributed by atoms with Gasteiger partial charge in [-0.25, -0.2) is 4.79 Å². The number of ether oxygens (including phenoxy) is 4. The van der Waals surface area contributed by atoms with Crippen LogP contribution in [0.25, 0.3) is 0 Å². The van der Waals surface area contributed by atoms with Crippen molar-refractivity contribution in [1.82, 2.24) is 5.32 Å². The van der Waals surface area contributed by atoms with Gasteiger partial charge < -0.3 is 40.2 Å². The summed E-state index contributed by atoms with van der Waals surface area (Å²) in [5.41, 5.74) is 5.50. The van der Waals surface area contributed by atoms with Gasteiger partial charge >= 0.3 is 6.09 Å². The van der Waals surface area contributed by atoms with Crippen LogP contribution in [0.2, 0.25) is 0 Å². The first-order valence-electron chi connectivity index (χ1n) is 13.1. The van der Waals surface area contributed by atoms with Crippen LogP contribution < -0.4 is 11.1 Å². The van der Waals surface area contributed by atoms with Gasteiger partial charge in [-0.2, -0.15) is 0 Å². The molecule has 6 unspecified atom stereocenters. The Balaban J connectivity index is 2.67. The minimum absolute atomic E-state index is 0.0573. The lowest BCUT2D eigenvalue weighted by molar-refractivity contribution is -0.135. The average Bonchev–Trinajstić information content (AvgIpc) is 2.92. The summed E-state index contributed by atoms with van der Waals surface area (Å²) >= 11 is 0. The Hall–Kier alpha value is -3.74. The number of ketones is 2. The Kier molecular flexibility index (Phi) is 12.1. The molecule has 5 N–H and O–H groups in total. The fraction of sp³-hybridized carbons (Fsp3) is 0.517. The second kappa shape index (κ2) is 14.8. The highest BCUT2D eigenvalue weighted by Crippen LogP contribution is 2.32. The van der Waals surface area contributed by atoms with E-state index in [-0.39, 0.29) is 29.2 Å². The number of aliphatic hydroxyl groups is 2. The highest BCUT2D eigenvalue weighted by Gasteiger charge is 2.38. The fourth-order valence-corrected chi connectivity index (χ4v) is 4.84. The topological polar surface area (TPSA) is 184 Å². The van der Waals surface area contributed by atoms with Crippen LogP contribution in [-0.4, -0.2) is 79.5 Å². The van der Waals surface area contributed by atoms with Gasteiger partial charge in [0.15, 0.2) is 11.9 Å². The minimum Gasteiger partial charge on any atom is -0.505 e. The molecule has 226 valence electrons. The van der Waals surface area contributed by atoms with Gasteiger partial charge in [0.2, 0.25) is 0 Å². The van der Waals surface area contributed by atoms with E-state index in [0.717, 1.165) is 0 Å². The first-order chi connectivity index (χ1) is 19.3. The number of carbonyl (C=O) groups is 4. The third-order valence-electron chi connectivity index (χ3n) is 7.08. The average molecular weight is 577 g/mol. The monoisotopic (exact) mass is 576 g/mol. The molecule has 0 saturated carbocycles. The van der Waals surface area contributed by atoms with Gasteiger partial charge in [-0.05, 0) is 38.2 Å². The molecule has 0 radical (unpaired) electrons. The van der Waals surface area contributed by atoms with Crippen molar-refractivity contribution in [3.05, 3.63) is 58.2 Å². The van der Waals surface area contributed by atoms with Crippen LogP contribution >= 0.6 is 0 Å². The number of aliphatic hydroxyl groups excluding tert-OH is 2. The van der Waals surface area contributed by atoms with E-state index in [4.69, 9.17) is 24.7 Å². The van der Waals surface area contributed by atoms with Gasteiger partial charge in [0.1, 0.15) is 17.6 Å². The lowest BCUT2D eigenvalue weighted by Gasteiger charge is -2.30. The number of amides is 2. The molecule has 2 aliphatic rings. The summed E-state index contributed by atoms with van der Waals surface area (Å²) in [6.07, 6.45) is 2.06. The maximum Gasteiger partial charge on any atom is 0.405 e. The Morgan fingerprint density at radius 2 is 1.73 bits per heavy atom. The van der Waals surface area contributed by atoms with Crippen LogP contribution in [0.4, 0.5) is 4.79 Å². The molecule has 12 heteroatoms. The summed E-state index contributed by atoms with van der Waals surface area (Å²) in [4.78, 5) is 50.2. The lowest BCUT2D eigenvalue weighted by Crippen LogP contribution is -2.38. The van der Waals surface area contributed by atoms with Crippen LogP contribution in [0.3, 0.4) is 0 Å². The van der Waals surface area contributed by atoms with E-state index in [1.807, 2.05) is 6.92 Å². The first kappa shape index (κ1) is 33.5. The first-order valence-corrected chi connectivity index (χ1v) is 13.1. The SMILES string of the molecule is COC1=C2CC(C)CC(OC)C(O)C(C)/C=C(\C)C(OC(N)=O)C(OC)/C=C/C=C(\C)C(=O)NC(=C2O)C(=O)C1=O. The largest absolute Gasteiger partial charge is 0.505 e. The molecule has 2 rings (SSSR count). The van der Waals surface area contributed by atoms with Crippen molar-refractivity contribution in [2.75, 3.05) is 21.3 Å². The Labute approximate surface area is 239 Å². The third kappa shape index (κ3) is 8.15. The van der Waals surface area contributed by atoms with Crippen molar-refractivity contribution in [3.8, 4) is 0 Å². The van der Waals surface area contributed by atoms with E-state index in [9.17, 15) is 29.4 Å². The van der Waals surface area contributed by atoms with Crippen LogP contribution in [0.1, 0.15) is 40.5 Å². The number of allylic oxidation sites excluding steroid dienone is 5. The number of rotatable bonds is 4. The molecule has 12 nitrogen and oxygen atoms in total. The van der Waals surface area contributed by atoms with Crippen molar-refractivity contribution >= 4 is 23.6 Å². The van der Waals surface area contributed by atoms with Gasteiger partial charge in [-0.1, -0.05) is 38.2 Å². The standard InChI is InChI=1S/C29H40N2O10/c1-14-11-18-23(33)21(24(34)25(35)27(18)40-7)31-28(36)15(2)9-8-10-19(38-5)26(41-29(30)37)17(4)13-16(3)22(32)20(12-14)39-6/h8-10,13-14,16,19-20,22,26,32-33H,11-12H2,1-7H3,(H2,30,37)(H,31,36)/b10-8+,15-9+,17-13+. The maximum atomic E-state index is 12.9. The number of hydrogen-bond acceptors (Lipinski definition) is 10. The summed E-state index contributed by atoms with van der Waals surface area (Å²) in [6, 6.07) is 0. The number of nitrogens with one attached hydrogen (secondary N) is 1. The van der Waals surface area contributed by atoms with Crippen LogP contribution in [0.15, 0.2) is 58.2 Å². The molecule has 0 spiro atoms. The van der Waals surface area contributed by atoms with E-state index in [1.165, 1.54) is 46.5 Å². The summed E-state index contributed by atoms with van der Waals surface area (Å²) < 4.78 is 21.6. The molecule has 2 bridgehead atoms. The van der Waals surface area contributed by atoms with Crippen molar-refractivity contribution in [1.29, 1.82) is 0 Å². The van der Waals surface area contributed by atoms with Crippen LogP contribution in [0, 0.1) is 11.8 Å². The summed E-state index contributed by atoms with van der Waals surface area (Å²) in [5.74, 6) is -4.51. The smallest absolute Gasteiger partial charge is 0.405 e. The van der Waals surface area contributed by atoms with E-state index in [0.29, 0.717) is 12.0 Å². The molecule has 41 heavy (non-hydrogen) atoms. The Morgan fingerprint density at radius 1 is 1.07 bits per heavy atom. The molecule has 1 aliphatic heterocycles. The Bertz CT molecular complexity index is 1200. The van der Waals surface area contributed by atoms with Gasteiger partial charge in [0.25, 0.3) is 17.5 Å². The number of carbonyl (C=O) groups excluding carboxylic acids is 4. The van der Waals surface area contributed by atoms with E-state index in [1.54, 1.807) is 19.9 Å². The predicted octanol–water partition coefficient (Wildman–Crippen LogP) is 2.29. The molecule has 0 saturated heterocycles. The second-order valence-electron chi connectivity index (χ2n) is 10.2. The van der Waals surface area contributed by atoms with Crippen molar-refractivity contribution < 1.29 is 48.3 Å². The highest BCUT2D eigenvalue weighted by atomic mass is 16.6. The minimum atomic E-state index is -1.12. The molecular weight excluding hydrogens is 536 g/mol. The summed E-state index contributed by atoms with van der Waals surface area (Å²) in [7, 11) is 4.07. The van der Waals surface area contributed by atoms with Gasteiger partial charge in [0, 0.05) is 31.3 Å². The van der Waals surface area contributed by atoms with Gasteiger partial charge in [0.05, 0.1) is 19.3 Å².